The summed E-state index contributed by atoms with van der Waals surface area (Å²) in [5.41, 5.74) is 2.32. The molecule has 0 spiro atoms. The third-order valence-electron chi connectivity index (χ3n) is 3.70. The molecule has 0 saturated carbocycles. The van der Waals surface area contributed by atoms with Crippen LogP contribution in [0.2, 0.25) is 0 Å². The zero-order valence-electron chi connectivity index (χ0n) is 13.7. The summed E-state index contributed by atoms with van der Waals surface area (Å²) < 4.78 is 5.61. The second-order valence-electron chi connectivity index (χ2n) is 5.46. The standard InChI is InChI=1S/C17H23N3O3/c1-4-14(8-9-21)19-17(22)20-15-7-5-6-13(10-15)16-18-11(2)12(3)23-16/h5-7,10,14,21H,4,8-9H2,1-3H3,(H2,19,20,22). The van der Waals surface area contributed by atoms with E-state index in [9.17, 15) is 4.79 Å². The van der Waals surface area contributed by atoms with Crippen molar-refractivity contribution in [3.05, 3.63) is 35.7 Å². The minimum Gasteiger partial charge on any atom is -0.441 e. The fourth-order valence-electron chi connectivity index (χ4n) is 2.21. The smallest absolute Gasteiger partial charge is 0.319 e. The molecule has 2 rings (SSSR count). The van der Waals surface area contributed by atoms with E-state index in [4.69, 9.17) is 9.52 Å². The number of urea groups is 1. The number of aliphatic hydroxyl groups is 1. The SMILES string of the molecule is CCC(CCO)NC(=O)Nc1cccc(-c2nc(C)c(C)o2)c1. The van der Waals surface area contributed by atoms with E-state index in [1.165, 1.54) is 0 Å². The van der Waals surface area contributed by atoms with Gasteiger partial charge in [-0.2, -0.15) is 0 Å². The predicted octanol–water partition coefficient (Wildman–Crippen LogP) is 3.24. The first-order valence-corrected chi connectivity index (χ1v) is 7.76. The minimum absolute atomic E-state index is 0.0415. The molecule has 1 atom stereocenters. The van der Waals surface area contributed by atoms with Gasteiger partial charge in [0.05, 0.1) is 5.69 Å². The van der Waals surface area contributed by atoms with E-state index in [2.05, 4.69) is 15.6 Å². The molecule has 0 radical (unpaired) electrons. The first kappa shape index (κ1) is 17.0. The van der Waals surface area contributed by atoms with Gasteiger partial charge in [-0.25, -0.2) is 9.78 Å². The molecule has 0 saturated heterocycles. The second-order valence-corrected chi connectivity index (χ2v) is 5.46. The average Bonchev–Trinajstić information content (AvgIpc) is 2.86. The molecule has 0 fully saturated rings. The molecular formula is C17H23N3O3. The maximum atomic E-state index is 12.0. The van der Waals surface area contributed by atoms with Crippen LogP contribution in [-0.2, 0) is 0 Å². The van der Waals surface area contributed by atoms with Crippen LogP contribution in [0, 0.1) is 13.8 Å². The lowest BCUT2D eigenvalue weighted by Crippen LogP contribution is -2.38. The molecule has 0 bridgehead atoms. The molecule has 0 aliphatic heterocycles. The molecule has 1 unspecified atom stereocenters. The molecule has 1 aromatic carbocycles. The Morgan fingerprint density at radius 2 is 2.17 bits per heavy atom. The summed E-state index contributed by atoms with van der Waals surface area (Å²) in [5.74, 6) is 1.32. The lowest BCUT2D eigenvalue weighted by molar-refractivity contribution is 0.237. The Labute approximate surface area is 135 Å². The Kier molecular flexibility index (Phi) is 5.76. The fourth-order valence-corrected chi connectivity index (χ4v) is 2.21. The van der Waals surface area contributed by atoms with Gasteiger partial charge in [-0.3, -0.25) is 0 Å². The van der Waals surface area contributed by atoms with Crippen LogP contribution in [0.25, 0.3) is 11.5 Å². The molecule has 6 heteroatoms. The van der Waals surface area contributed by atoms with Gasteiger partial charge >= 0.3 is 6.03 Å². The number of hydrogen-bond donors (Lipinski definition) is 3. The minimum atomic E-state index is -0.290. The largest absolute Gasteiger partial charge is 0.441 e. The molecule has 6 nitrogen and oxygen atoms in total. The van der Waals surface area contributed by atoms with Crippen LogP contribution in [-0.4, -0.2) is 28.8 Å². The van der Waals surface area contributed by atoms with E-state index >= 15 is 0 Å². The Morgan fingerprint density at radius 1 is 1.39 bits per heavy atom. The van der Waals surface area contributed by atoms with Gasteiger partial charge in [0.25, 0.3) is 0 Å². The van der Waals surface area contributed by atoms with Gasteiger partial charge in [-0.15, -0.1) is 0 Å². The van der Waals surface area contributed by atoms with Crippen LogP contribution >= 0.6 is 0 Å². The van der Waals surface area contributed by atoms with Gasteiger partial charge in [0.1, 0.15) is 5.76 Å². The topological polar surface area (TPSA) is 87.4 Å². The van der Waals surface area contributed by atoms with Crippen molar-refractivity contribution in [1.82, 2.24) is 10.3 Å². The lowest BCUT2D eigenvalue weighted by atomic mass is 10.1. The number of rotatable bonds is 6. The quantitative estimate of drug-likeness (QED) is 0.763. The molecule has 0 aliphatic carbocycles. The number of nitrogens with one attached hydrogen (secondary N) is 2. The summed E-state index contributed by atoms with van der Waals surface area (Å²) in [7, 11) is 0. The lowest BCUT2D eigenvalue weighted by Gasteiger charge is -2.16. The number of aromatic nitrogens is 1. The maximum absolute atomic E-state index is 12.0. The van der Waals surface area contributed by atoms with Gasteiger partial charge < -0.3 is 20.2 Å². The highest BCUT2D eigenvalue weighted by atomic mass is 16.4. The highest BCUT2D eigenvalue weighted by Crippen LogP contribution is 2.24. The Hall–Kier alpha value is -2.34. The zero-order valence-corrected chi connectivity index (χ0v) is 13.7. The predicted molar refractivity (Wildman–Crippen MR) is 89.3 cm³/mol. The highest BCUT2D eigenvalue weighted by Gasteiger charge is 2.12. The molecule has 0 aliphatic rings. The normalized spacial score (nSPS) is 12.0. The summed E-state index contributed by atoms with van der Waals surface area (Å²) in [6, 6.07) is 7.01. The van der Waals surface area contributed by atoms with Gasteiger partial charge in [0.15, 0.2) is 0 Å². The summed E-state index contributed by atoms with van der Waals surface area (Å²) in [6.45, 7) is 5.78. The first-order valence-electron chi connectivity index (χ1n) is 7.76. The van der Waals surface area contributed by atoms with Crippen molar-refractivity contribution in [2.75, 3.05) is 11.9 Å². The third kappa shape index (κ3) is 4.56. The number of carbonyl (C=O) groups is 1. The summed E-state index contributed by atoms with van der Waals surface area (Å²) in [4.78, 5) is 16.4. The third-order valence-corrected chi connectivity index (χ3v) is 3.70. The van der Waals surface area contributed by atoms with Crippen molar-refractivity contribution in [2.45, 2.75) is 39.7 Å². The van der Waals surface area contributed by atoms with Gasteiger partial charge in [0.2, 0.25) is 5.89 Å². The van der Waals surface area contributed by atoms with Crippen molar-refractivity contribution in [3.63, 3.8) is 0 Å². The Bertz CT molecular complexity index is 647. The monoisotopic (exact) mass is 317 g/mol. The summed E-state index contributed by atoms with van der Waals surface area (Å²) >= 11 is 0. The van der Waals surface area contributed by atoms with Crippen LogP contribution in [0.4, 0.5) is 10.5 Å². The number of amides is 2. The Morgan fingerprint density at radius 3 is 2.78 bits per heavy atom. The van der Waals surface area contributed by atoms with E-state index in [-0.39, 0.29) is 18.7 Å². The molecule has 124 valence electrons. The number of nitrogens with zero attached hydrogens (tertiary/aromatic N) is 1. The van der Waals surface area contributed by atoms with Crippen molar-refractivity contribution < 1.29 is 14.3 Å². The van der Waals surface area contributed by atoms with Crippen LogP contribution in [0.5, 0.6) is 0 Å². The van der Waals surface area contributed by atoms with Crippen LogP contribution < -0.4 is 10.6 Å². The van der Waals surface area contributed by atoms with Crippen molar-refractivity contribution in [2.24, 2.45) is 0 Å². The fraction of sp³-hybridized carbons (Fsp3) is 0.412. The molecule has 2 amide bonds. The summed E-state index contributed by atoms with van der Waals surface area (Å²) in [6.07, 6.45) is 1.31. The Balaban J connectivity index is 2.06. The van der Waals surface area contributed by atoms with Crippen molar-refractivity contribution >= 4 is 11.7 Å². The first-order chi connectivity index (χ1) is 11.0. The number of carbonyl (C=O) groups excluding carboxylic acids is 1. The number of oxazole rings is 1. The second kappa shape index (κ2) is 7.78. The van der Waals surface area contributed by atoms with E-state index in [1.807, 2.05) is 39.0 Å². The van der Waals surface area contributed by atoms with Gasteiger partial charge in [-0.05, 0) is 44.9 Å². The van der Waals surface area contributed by atoms with E-state index in [1.54, 1.807) is 6.07 Å². The molecular weight excluding hydrogens is 294 g/mol. The van der Waals surface area contributed by atoms with E-state index in [0.717, 1.165) is 23.4 Å². The van der Waals surface area contributed by atoms with Gasteiger partial charge in [-0.1, -0.05) is 13.0 Å². The molecule has 2 aromatic rings. The van der Waals surface area contributed by atoms with Crippen LogP contribution in [0.15, 0.2) is 28.7 Å². The highest BCUT2D eigenvalue weighted by molar-refractivity contribution is 5.90. The van der Waals surface area contributed by atoms with Crippen molar-refractivity contribution in [1.29, 1.82) is 0 Å². The van der Waals surface area contributed by atoms with Crippen LogP contribution in [0.1, 0.15) is 31.2 Å². The number of hydrogen-bond acceptors (Lipinski definition) is 4. The van der Waals surface area contributed by atoms with Crippen molar-refractivity contribution in [3.8, 4) is 11.5 Å². The number of benzene rings is 1. The molecule has 23 heavy (non-hydrogen) atoms. The summed E-state index contributed by atoms with van der Waals surface area (Å²) in [5, 5.41) is 14.6. The van der Waals surface area contributed by atoms with E-state index in [0.29, 0.717) is 18.0 Å². The number of aliphatic hydroxyl groups excluding tert-OH is 1. The number of aryl methyl sites for hydroxylation is 2. The van der Waals surface area contributed by atoms with Gasteiger partial charge in [0, 0.05) is 23.9 Å². The zero-order chi connectivity index (χ0) is 16.8. The molecule has 3 N–H and O–H groups in total. The maximum Gasteiger partial charge on any atom is 0.319 e. The molecule has 1 heterocycles. The number of anilines is 1. The molecule has 1 aromatic heterocycles. The van der Waals surface area contributed by atoms with E-state index < -0.39 is 0 Å². The average molecular weight is 317 g/mol. The van der Waals surface area contributed by atoms with Crippen LogP contribution in [0.3, 0.4) is 0 Å².